The predicted molar refractivity (Wildman–Crippen MR) is 98.4 cm³/mol. The maximum atomic E-state index is 13.2. The van der Waals surface area contributed by atoms with E-state index in [0.717, 1.165) is 23.5 Å². The van der Waals surface area contributed by atoms with Gasteiger partial charge in [0.05, 0.1) is 24.2 Å². The lowest BCUT2D eigenvalue weighted by Crippen LogP contribution is -2.47. The van der Waals surface area contributed by atoms with Crippen LogP contribution in [0.4, 0.5) is 13.2 Å². The summed E-state index contributed by atoms with van der Waals surface area (Å²) in [6, 6.07) is 11.7. The molecule has 0 aromatic heterocycles. The molecule has 0 amide bonds. The van der Waals surface area contributed by atoms with Crippen LogP contribution < -0.4 is 9.47 Å². The zero-order valence-electron chi connectivity index (χ0n) is 15.6. The minimum Gasteiger partial charge on any atom is -0.496 e. The summed E-state index contributed by atoms with van der Waals surface area (Å²) in [5, 5.41) is 0. The second kappa shape index (κ2) is 8.60. The number of nitrogens with zero attached hydrogens (tertiary/aromatic N) is 1. The van der Waals surface area contributed by atoms with E-state index in [9.17, 15) is 21.6 Å². The summed E-state index contributed by atoms with van der Waals surface area (Å²) >= 11 is 0. The van der Waals surface area contributed by atoms with E-state index in [-0.39, 0.29) is 26.3 Å². The molecule has 0 saturated carbocycles. The number of sulfonamides is 1. The summed E-state index contributed by atoms with van der Waals surface area (Å²) in [6.45, 7) is 0.247. The lowest BCUT2D eigenvalue weighted by molar-refractivity contribution is -0.138. The van der Waals surface area contributed by atoms with Gasteiger partial charge in [-0.15, -0.1) is 0 Å². The Morgan fingerprint density at radius 1 is 1.17 bits per heavy atom. The van der Waals surface area contributed by atoms with Crippen LogP contribution >= 0.6 is 0 Å². The lowest BCUT2D eigenvalue weighted by Gasteiger charge is -2.32. The van der Waals surface area contributed by atoms with Crippen molar-refractivity contribution in [3.63, 3.8) is 0 Å². The molecule has 1 atom stereocenters. The molecule has 1 saturated heterocycles. The number of ether oxygens (including phenoxy) is 3. The van der Waals surface area contributed by atoms with Crippen LogP contribution in [0, 0.1) is 0 Å². The molecule has 2 aromatic carbocycles. The topological polar surface area (TPSA) is 65.1 Å². The lowest BCUT2D eigenvalue weighted by atomic mass is 10.2. The molecule has 6 nitrogen and oxygen atoms in total. The molecule has 29 heavy (non-hydrogen) atoms. The van der Waals surface area contributed by atoms with Gasteiger partial charge in [-0.05, 0) is 30.3 Å². The van der Waals surface area contributed by atoms with Crippen molar-refractivity contribution in [2.75, 3.05) is 33.4 Å². The van der Waals surface area contributed by atoms with Gasteiger partial charge in [0.2, 0.25) is 10.0 Å². The molecular formula is C19H20F3NO5S. The highest BCUT2D eigenvalue weighted by Crippen LogP contribution is 2.38. The van der Waals surface area contributed by atoms with Gasteiger partial charge in [0.15, 0.2) is 0 Å². The molecule has 2 aromatic rings. The zero-order valence-corrected chi connectivity index (χ0v) is 16.4. The molecule has 0 radical (unpaired) electrons. The third kappa shape index (κ3) is 5.01. The van der Waals surface area contributed by atoms with Crippen molar-refractivity contribution >= 4 is 10.0 Å². The van der Waals surface area contributed by atoms with E-state index in [1.807, 2.05) is 6.07 Å². The quantitative estimate of drug-likeness (QED) is 0.703. The van der Waals surface area contributed by atoms with E-state index < -0.39 is 38.5 Å². The first-order chi connectivity index (χ1) is 13.7. The van der Waals surface area contributed by atoms with Crippen LogP contribution in [0.25, 0.3) is 0 Å². The summed E-state index contributed by atoms with van der Waals surface area (Å²) in [5.41, 5.74) is -1.14. The number of halogens is 3. The fourth-order valence-electron chi connectivity index (χ4n) is 2.94. The van der Waals surface area contributed by atoms with Gasteiger partial charge in [-0.25, -0.2) is 8.42 Å². The van der Waals surface area contributed by atoms with Crippen LogP contribution in [0.1, 0.15) is 5.56 Å². The number of rotatable bonds is 6. The molecule has 1 aliphatic rings. The van der Waals surface area contributed by atoms with Gasteiger partial charge in [-0.3, -0.25) is 0 Å². The summed E-state index contributed by atoms with van der Waals surface area (Å²) in [6.07, 6.45) is -5.28. The highest BCUT2D eigenvalue weighted by molar-refractivity contribution is 7.89. The fraction of sp³-hybridized carbons (Fsp3) is 0.368. The van der Waals surface area contributed by atoms with Gasteiger partial charge in [0, 0.05) is 13.1 Å². The number of benzene rings is 2. The molecule has 1 heterocycles. The Balaban J connectivity index is 1.76. The van der Waals surface area contributed by atoms with Crippen LogP contribution in [0.5, 0.6) is 11.5 Å². The average Bonchev–Trinajstić information content (AvgIpc) is 2.72. The monoisotopic (exact) mass is 431 g/mol. The SMILES string of the molecule is COc1ccc(S(=O)(=O)N2CCOC(COc3ccccc3)C2)cc1C(F)(F)F. The Labute approximate surface area is 166 Å². The molecule has 1 fully saturated rings. The largest absolute Gasteiger partial charge is 0.496 e. The molecule has 1 unspecified atom stereocenters. The molecule has 158 valence electrons. The van der Waals surface area contributed by atoms with Crippen molar-refractivity contribution < 1.29 is 35.8 Å². The van der Waals surface area contributed by atoms with Crippen LogP contribution in [0.3, 0.4) is 0 Å². The predicted octanol–water partition coefficient (Wildman–Crippen LogP) is 3.18. The molecular weight excluding hydrogens is 411 g/mol. The number of methoxy groups -OCH3 is 1. The number of alkyl halides is 3. The second-order valence-corrected chi connectivity index (χ2v) is 8.28. The highest BCUT2D eigenvalue weighted by atomic mass is 32.2. The highest BCUT2D eigenvalue weighted by Gasteiger charge is 2.37. The Bertz CT molecular complexity index is 935. The molecule has 0 spiro atoms. The van der Waals surface area contributed by atoms with Crippen molar-refractivity contribution in [3.8, 4) is 11.5 Å². The number of hydrogen-bond acceptors (Lipinski definition) is 5. The molecule has 3 rings (SSSR count). The van der Waals surface area contributed by atoms with E-state index >= 15 is 0 Å². The molecule has 0 N–H and O–H groups in total. The Hall–Kier alpha value is -2.30. The Morgan fingerprint density at radius 3 is 2.55 bits per heavy atom. The Kier molecular flexibility index (Phi) is 6.35. The number of para-hydroxylation sites is 1. The first-order valence-corrected chi connectivity index (χ1v) is 10.2. The minimum atomic E-state index is -4.74. The summed E-state index contributed by atoms with van der Waals surface area (Å²) < 4.78 is 82.5. The third-order valence-corrected chi connectivity index (χ3v) is 6.26. The summed E-state index contributed by atoms with van der Waals surface area (Å²) in [5.74, 6) is 0.175. The summed E-state index contributed by atoms with van der Waals surface area (Å²) in [7, 11) is -3.05. The van der Waals surface area contributed by atoms with E-state index in [4.69, 9.17) is 14.2 Å². The first-order valence-electron chi connectivity index (χ1n) is 8.76. The van der Waals surface area contributed by atoms with Gasteiger partial charge in [-0.1, -0.05) is 18.2 Å². The van der Waals surface area contributed by atoms with E-state index in [0.29, 0.717) is 11.8 Å². The number of morpholine rings is 1. The zero-order chi connectivity index (χ0) is 21.1. The van der Waals surface area contributed by atoms with Crippen molar-refractivity contribution in [3.05, 3.63) is 54.1 Å². The van der Waals surface area contributed by atoms with Gasteiger partial charge in [0.1, 0.15) is 24.2 Å². The van der Waals surface area contributed by atoms with Crippen molar-refractivity contribution in [1.82, 2.24) is 4.31 Å². The molecule has 1 aliphatic heterocycles. The normalized spacial score (nSPS) is 18.4. The number of hydrogen-bond donors (Lipinski definition) is 0. The second-order valence-electron chi connectivity index (χ2n) is 6.34. The van der Waals surface area contributed by atoms with Crippen LogP contribution in [-0.2, 0) is 20.9 Å². The standard InChI is InChI=1S/C19H20F3NO5S/c1-26-18-8-7-16(11-17(18)19(20,21)22)29(24,25)23-9-10-27-15(12-23)13-28-14-5-3-2-4-6-14/h2-8,11,15H,9-10,12-13H2,1H3. The van der Waals surface area contributed by atoms with E-state index in [1.165, 1.54) is 0 Å². The maximum Gasteiger partial charge on any atom is 0.420 e. The van der Waals surface area contributed by atoms with Crippen LogP contribution in [0.2, 0.25) is 0 Å². The van der Waals surface area contributed by atoms with E-state index in [1.54, 1.807) is 24.3 Å². The first kappa shape index (κ1) is 21.4. The smallest absolute Gasteiger partial charge is 0.420 e. The third-order valence-electron chi connectivity index (χ3n) is 4.39. The van der Waals surface area contributed by atoms with Crippen molar-refractivity contribution in [1.29, 1.82) is 0 Å². The van der Waals surface area contributed by atoms with Crippen molar-refractivity contribution in [2.24, 2.45) is 0 Å². The van der Waals surface area contributed by atoms with Crippen molar-refractivity contribution in [2.45, 2.75) is 17.2 Å². The van der Waals surface area contributed by atoms with Gasteiger partial charge < -0.3 is 14.2 Å². The Morgan fingerprint density at radius 2 is 1.90 bits per heavy atom. The van der Waals surface area contributed by atoms with Crippen LogP contribution in [0.15, 0.2) is 53.4 Å². The molecule has 0 aliphatic carbocycles. The van der Waals surface area contributed by atoms with Gasteiger partial charge in [0.25, 0.3) is 0 Å². The minimum absolute atomic E-state index is 0.0253. The fourth-order valence-corrected chi connectivity index (χ4v) is 4.42. The maximum absolute atomic E-state index is 13.2. The average molecular weight is 431 g/mol. The molecule has 0 bridgehead atoms. The van der Waals surface area contributed by atoms with E-state index in [2.05, 4.69) is 0 Å². The van der Waals surface area contributed by atoms with Gasteiger partial charge >= 0.3 is 6.18 Å². The molecule has 10 heteroatoms. The van der Waals surface area contributed by atoms with Gasteiger partial charge in [-0.2, -0.15) is 17.5 Å². The summed E-state index contributed by atoms with van der Waals surface area (Å²) in [4.78, 5) is -0.449. The van der Waals surface area contributed by atoms with Crippen LogP contribution in [-0.4, -0.2) is 52.2 Å².